The lowest BCUT2D eigenvalue weighted by molar-refractivity contribution is -0.174. The smallest absolute Gasteiger partial charge is 0.306 e. The van der Waals surface area contributed by atoms with E-state index in [4.69, 9.17) is 18.9 Å². The van der Waals surface area contributed by atoms with Crippen LogP contribution in [0.5, 0.6) is 0 Å². The van der Waals surface area contributed by atoms with E-state index in [-0.39, 0.29) is 41.4 Å². The van der Waals surface area contributed by atoms with Crippen LogP contribution in [0.15, 0.2) is 11.6 Å². The van der Waals surface area contributed by atoms with E-state index in [0.717, 1.165) is 32.4 Å². The number of rotatable bonds is 7. The molecule has 5 heterocycles. The molecule has 0 amide bonds. The maximum absolute atomic E-state index is 12.9. The first-order chi connectivity index (χ1) is 14.8. The molecular weight excluding hydrogens is 394 g/mol. The van der Waals surface area contributed by atoms with Crippen molar-refractivity contribution in [2.24, 2.45) is 17.8 Å². The summed E-state index contributed by atoms with van der Waals surface area (Å²) in [5, 5.41) is 0. The zero-order valence-electron chi connectivity index (χ0n) is 19.6. The van der Waals surface area contributed by atoms with Crippen LogP contribution >= 0.6 is 0 Å². The van der Waals surface area contributed by atoms with Gasteiger partial charge < -0.3 is 23.8 Å². The van der Waals surface area contributed by atoms with E-state index < -0.39 is 0 Å². The topological polar surface area (TPSA) is 63.8 Å². The molecule has 2 bridgehead atoms. The van der Waals surface area contributed by atoms with E-state index in [1.54, 1.807) is 7.11 Å². The second kappa shape index (κ2) is 8.12. The molecule has 31 heavy (non-hydrogen) atoms. The van der Waals surface area contributed by atoms with Crippen molar-refractivity contribution in [3.8, 4) is 0 Å². The van der Waals surface area contributed by atoms with Crippen LogP contribution in [0.3, 0.4) is 0 Å². The Morgan fingerprint density at radius 1 is 1.23 bits per heavy atom. The van der Waals surface area contributed by atoms with E-state index in [1.165, 1.54) is 31.5 Å². The first-order valence-corrected chi connectivity index (χ1v) is 12.2. The second-order valence-corrected chi connectivity index (χ2v) is 11.0. The van der Waals surface area contributed by atoms with Crippen LogP contribution < -0.4 is 0 Å². The van der Waals surface area contributed by atoms with E-state index in [1.807, 2.05) is 0 Å². The maximum atomic E-state index is 12.9. The average molecular weight is 434 g/mol. The van der Waals surface area contributed by atoms with Crippen LogP contribution in [0.2, 0.25) is 0 Å². The fourth-order valence-electron chi connectivity index (χ4n) is 6.82. The summed E-state index contributed by atoms with van der Waals surface area (Å²) in [5.74, 6) is 1.17. The van der Waals surface area contributed by atoms with Gasteiger partial charge in [0.1, 0.15) is 23.4 Å². The minimum absolute atomic E-state index is 0.0554. The molecule has 0 aromatic heterocycles. The summed E-state index contributed by atoms with van der Waals surface area (Å²) in [6.45, 7) is 10.6. The standard InChI is InChI=1S/C25H39NO5/c1-16(2)5-6-20-24(3,31-20)23-22(28-4)19(7-10-25(23)15-29-25)30-21(27)13-18-14-26-11-8-17(18)9-12-26/h5,17-20,22-23H,6-15H2,1-4H3/t18?,19-,20-,22-,23-,24+,25+/m1/s1. The summed E-state index contributed by atoms with van der Waals surface area (Å²) >= 11 is 0. The number of methoxy groups -OCH3 is 1. The Morgan fingerprint density at radius 2 is 1.97 bits per heavy atom. The number of ether oxygens (including phenoxy) is 4. The highest BCUT2D eigenvalue weighted by Gasteiger charge is 2.72. The van der Waals surface area contributed by atoms with E-state index in [2.05, 4.69) is 31.7 Å². The Hall–Kier alpha value is -0.950. The Kier molecular flexibility index (Phi) is 5.73. The van der Waals surface area contributed by atoms with Crippen molar-refractivity contribution in [1.29, 1.82) is 0 Å². The third-order valence-electron chi connectivity index (χ3n) is 8.74. The summed E-state index contributed by atoms with van der Waals surface area (Å²) < 4.78 is 24.4. The number of piperidine rings is 3. The number of carbonyl (C=O) groups is 1. The van der Waals surface area contributed by atoms with Crippen LogP contribution in [-0.2, 0) is 23.7 Å². The molecule has 0 aromatic carbocycles. The van der Waals surface area contributed by atoms with Gasteiger partial charge in [0, 0.05) is 20.1 Å². The monoisotopic (exact) mass is 433 g/mol. The number of esters is 1. The van der Waals surface area contributed by atoms with E-state index in [0.29, 0.717) is 18.3 Å². The third kappa shape index (κ3) is 4.09. The zero-order chi connectivity index (χ0) is 21.8. The molecule has 174 valence electrons. The fourth-order valence-corrected chi connectivity index (χ4v) is 6.82. The number of fused-ring (bicyclic) bond motifs is 3. The molecule has 0 N–H and O–H groups in total. The van der Waals surface area contributed by atoms with Gasteiger partial charge in [0.25, 0.3) is 0 Å². The van der Waals surface area contributed by atoms with E-state index in [9.17, 15) is 4.79 Å². The van der Waals surface area contributed by atoms with E-state index >= 15 is 0 Å². The minimum atomic E-state index is -0.288. The van der Waals surface area contributed by atoms with Crippen molar-refractivity contribution < 1.29 is 23.7 Å². The molecule has 6 heteroatoms. The van der Waals surface area contributed by atoms with Crippen molar-refractivity contribution in [2.45, 2.75) is 88.8 Å². The van der Waals surface area contributed by atoms with Crippen LogP contribution in [0.25, 0.3) is 0 Å². The number of allylic oxidation sites excluding steroid dienone is 1. The van der Waals surface area contributed by atoms with Crippen LogP contribution in [-0.4, -0.2) is 73.7 Å². The predicted molar refractivity (Wildman–Crippen MR) is 117 cm³/mol. The maximum Gasteiger partial charge on any atom is 0.306 e. The fraction of sp³-hybridized carbons (Fsp3) is 0.880. The molecule has 6 rings (SSSR count). The number of nitrogens with zero attached hydrogens (tertiary/aromatic N) is 1. The number of carbonyl (C=O) groups excluding carboxylic acids is 1. The number of epoxide rings is 2. The van der Waals surface area contributed by atoms with Crippen molar-refractivity contribution >= 4 is 5.97 Å². The van der Waals surface area contributed by atoms with Crippen LogP contribution in [0.1, 0.15) is 59.3 Å². The van der Waals surface area contributed by atoms with Gasteiger partial charge in [-0.3, -0.25) is 4.79 Å². The van der Waals surface area contributed by atoms with Gasteiger partial charge in [-0.25, -0.2) is 0 Å². The highest BCUT2D eigenvalue weighted by molar-refractivity contribution is 5.70. The SMILES string of the molecule is CO[C@@H]1[C@H](OC(=O)CC2CN3CCC2CC3)CC[C@]2(CO2)[C@H]1[C@@]1(C)O[C@@H]1CC=C(C)C. The molecule has 1 spiro atoms. The van der Waals surface area contributed by atoms with Gasteiger partial charge in [-0.1, -0.05) is 11.6 Å². The molecule has 6 fully saturated rings. The molecule has 1 aliphatic carbocycles. The number of hydrogen-bond donors (Lipinski definition) is 0. The minimum Gasteiger partial charge on any atom is -0.460 e. The summed E-state index contributed by atoms with van der Waals surface area (Å²) in [4.78, 5) is 15.4. The van der Waals surface area contributed by atoms with Gasteiger partial charge in [0.15, 0.2) is 0 Å². The van der Waals surface area contributed by atoms with Gasteiger partial charge in [0.05, 0.1) is 18.6 Å². The Balaban J connectivity index is 1.25. The summed E-state index contributed by atoms with van der Waals surface area (Å²) in [6, 6.07) is 0. The van der Waals surface area contributed by atoms with Crippen molar-refractivity contribution in [3.63, 3.8) is 0 Å². The molecular formula is C25H39NO5. The molecule has 6 aliphatic rings. The van der Waals surface area contributed by atoms with Crippen molar-refractivity contribution in [1.82, 2.24) is 4.90 Å². The molecule has 1 unspecified atom stereocenters. The molecule has 5 aliphatic heterocycles. The zero-order valence-corrected chi connectivity index (χ0v) is 19.6. The van der Waals surface area contributed by atoms with Gasteiger partial charge in [-0.2, -0.15) is 0 Å². The number of hydrogen-bond acceptors (Lipinski definition) is 6. The van der Waals surface area contributed by atoms with Crippen LogP contribution in [0, 0.1) is 17.8 Å². The second-order valence-electron chi connectivity index (χ2n) is 11.0. The molecule has 7 atom stereocenters. The lowest BCUT2D eigenvalue weighted by Gasteiger charge is -2.45. The molecule has 6 nitrogen and oxygen atoms in total. The van der Waals surface area contributed by atoms with Gasteiger partial charge in [-0.15, -0.1) is 0 Å². The van der Waals surface area contributed by atoms with Gasteiger partial charge in [0.2, 0.25) is 0 Å². The Morgan fingerprint density at radius 3 is 2.55 bits per heavy atom. The average Bonchev–Trinajstić information content (AvgIpc) is 3.66. The normalized spacial score (nSPS) is 47.8. The van der Waals surface area contributed by atoms with Crippen LogP contribution in [0.4, 0.5) is 0 Å². The molecule has 1 saturated carbocycles. The predicted octanol–water partition coefficient (Wildman–Crippen LogP) is 3.34. The highest BCUT2D eigenvalue weighted by Crippen LogP contribution is 2.59. The van der Waals surface area contributed by atoms with Crippen molar-refractivity contribution in [2.75, 3.05) is 33.4 Å². The highest BCUT2D eigenvalue weighted by atomic mass is 16.6. The first-order valence-electron chi connectivity index (χ1n) is 12.2. The summed E-state index contributed by atoms with van der Waals surface area (Å²) in [6.07, 6.45) is 7.62. The van der Waals surface area contributed by atoms with Gasteiger partial charge >= 0.3 is 5.97 Å². The Bertz CT molecular complexity index is 721. The van der Waals surface area contributed by atoms with Gasteiger partial charge in [-0.05, 0) is 77.8 Å². The lowest BCUT2D eigenvalue weighted by Crippen LogP contribution is -2.55. The first kappa shape index (κ1) is 21.9. The molecule has 0 aromatic rings. The molecule has 0 radical (unpaired) electrons. The summed E-state index contributed by atoms with van der Waals surface area (Å²) in [5.41, 5.74) is 0.847. The Labute approximate surface area is 186 Å². The summed E-state index contributed by atoms with van der Waals surface area (Å²) in [7, 11) is 1.74. The lowest BCUT2D eigenvalue weighted by atomic mass is 9.68. The third-order valence-corrected chi connectivity index (χ3v) is 8.74. The largest absolute Gasteiger partial charge is 0.460 e. The van der Waals surface area contributed by atoms with Crippen molar-refractivity contribution in [3.05, 3.63) is 11.6 Å². The quantitative estimate of drug-likeness (QED) is 0.349. The molecule has 5 saturated heterocycles.